The van der Waals surface area contributed by atoms with Gasteiger partial charge in [-0.3, -0.25) is 4.79 Å². The van der Waals surface area contributed by atoms with Crippen molar-refractivity contribution in [1.29, 1.82) is 5.26 Å². The Kier molecular flexibility index (Phi) is 3.34. The third-order valence-corrected chi connectivity index (χ3v) is 1.86. The molecule has 3 nitrogen and oxygen atoms in total. The number of aryl methyl sites for hydroxylation is 1. The first-order valence-corrected chi connectivity index (χ1v) is 4.03. The number of rotatable bonds is 3. The van der Waals surface area contributed by atoms with E-state index in [1.165, 1.54) is 12.1 Å². The average molecular weight is 211 g/mol. The Labute approximate surface area is 84.9 Å². The van der Waals surface area contributed by atoms with E-state index in [9.17, 15) is 13.6 Å². The first-order valence-electron chi connectivity index (χ1n) is 4.03. The maximum atomic E-state index is 12.0. The van der Waals surface area contributed by atoms with Crippen LogP contribution in [0, 0.1) is 18.3 Å². The fourth-order valence-electron chi connectivity index (χ4n) is 1.15. The summed E-state index contributed by atoms with van der Waals surface area (Å²) >= 11 is 0. The molecule has 0 aliphatic heterocycles. The van der Waals surface area contributed by atoms with Gasteiger partial charge < -0.3 is 4.74 Å². The van der Waals surface area contributed by atoms with Gasteiger partial charge in [0.25, 0.3) is 0 Å². The van der Waals surface area contributed by atoms with Gasteiger partial charge in [-0.25, -0.2) is 0 Å². The molecule has 1 rings (SSSR count). The van der Waals surface area contributed by atoms with Crippen LogP contribution >= 0.6 is 0 Å². The molecule has 0 radical (unpaired) electrons. The smallest absolute Gasteiger partial charge is 0.387 e. The van der Waals surface area contributed by atoms with Crippen LogP contribution in [0.3, 0.4) is 0 Å². The van der Waals surface area contributed by atoms with E-state index in [4.69, 9.17) is 5.26 Å². The van der Waals surface area contributed by atoms with E-state index in [-0.39, 0.29) is 16.9 Å². The number of alkyl halides is 2. The molecule has 0 bridgehead atoms. The number of ether oxygens (including phenoxy) is 1. The molecule has 1 aromatic rings. The summed E-state index contributed by atoms with van der Waals surface area (Å²) in [5.41, 5.74) is 0.386. The van der Waals surface area contributed by atoms with E-state index >= 15 is 0 Å². The Hall–Kier alpha value is -1.96. The highest BCUT2D eigenvalue weighted by Gasteiger charge is 2.15. The van der Waals surface area contributed by atoms with Crippen LogP contribution in [0.25, 0.3) is 0 Å². The summed E-state index contributed by atoms with van der Waals surface area (Å²) in [6.45, 7) is -1.49. The molecule has 1 aromatic carbocycles. The normalized spacial score (nSPS) is 9.80. The van der Waals surface area contributed by atoms with Gasteiger partial charge in [0.1, 0.15) is 6.07 Å². The molecule has 5 heteroatoms. The van der Waals surface area contributed by atoms with Gasteiger partial charge in [-0.15, -0.1) is 0 Å². The van der Waals surface area contributed by atoms with Crippen LogP contribution in [-0.4, -0.2) is 12.9 Å². The fourth-order valence-corrected chi connectivity index (χ4v) is 1.15. The molecule has 0 unspecified atom stereocenters. The van der Waals surface area contributed by atoms with E-state index in [0.717, 1.165) is 0 Å². The van der Waals surface area contributed by atoms with E-state index in [1.54, 1.807) is 13.0 Å². The number of hydrogen-bond acceptors (Lipinski definition) is 3. The topological polar surface area (TPSA) is 50.1 Å². The van der Waals surface area contributed by atoms with E-state index in [0.29, 0.717) is 11.8 Å². The van der Waals surface area contributed by atoms with E-state index in [1.807, 2.05) is 0 Å². The maximum Gasteiger partial charge on any atom is 0.387 e. The number of halogens is 2. The number of benzene rings is 1. The van der Waals surface area contributed by atoms with Gasteiger partial charge in [0, 0.05) is 0 Å². The molecule has 0 fully saturated rings. The summed E-state index contributed by atoms with van der Waals surface area (Å²) in [6, 6.07) is 4.52. The minimum absolute atomic E-state index is 0.0191. The zero-order valence-corrected chi connectivity index (χ0v) is 7.83. The summed E-state index contributed by atoms with van der Waals surface area (Å²) in [4.78, 5) is 10.7. The molecule has 0 aliphatic rings. The Bertz CT molecular complexity index is 424. The Morgan fingerprint density at radius 3 is 2.67 bits per heavy atom. The first-order chi connectivity index (χ1) is 7.10. The zero-order valence-electron chi connectivity index (χ0n) is 7.83. The minimum atomic E-state index is -3.06. The van der Waals surface area contributed by atoms with Crippen LogP contribution in [-0.2, 0) is 0 Å². The number of nitrogens with zero attached hydrogens (tertiary/aromatic N) is 1. The Balaban J connectivity index is 3.35. The molecule has 0 N–H and O–H groups in total. The predicted molar refractivity (Wildman–Crippen MR) is 47.9 cm³/mol. The molecule has 0 saturated heterocycles. The van der Waals surface area contributed by atoms with Crippen molar-refractivity contribution in [2.24, 2.45) is 0 Å². The van der Waals surface area contributed by atoms with E-state index < -0.39 is 6.61 Å². The largest absolute Gasteiger partial charge is 0.433 e. The molecule has 0 aliphatic carbocycles. The highest BCUT2D eigenvalue weighted by Crippen LogP contribution is 2.26. The van der Waals surface area contributed by atoms with Crippen LogP contribution < -0.4 is 4.74 Å². The van der Waals surface area contributed by atoms with Crippen molar-refractivity contribution in [1.82, 2.24) is 0 Å². The van der Waals surface area contributed by atoms with Gasteiger partial charge >= 0.3 is 6.61 Å². The lowest BCUT2D eigenvalue weighted by molar-refractivity contribution is -0.0502. The first kappa shape index (κ1) is 11.1. The summed E-state index contributed by atoms with van der Waals surface area (Å²) in [6.07, 6.45) is 0.397. The van der Waals surface area contributed by atoms with Crippen molar-refractivity contribution in [3.63, 3.8) is 0 Å². The van der Waals surface area contributed by atoms with Crippen molar-refractivity contribution in [3.8, 4) is 11.8 Å². The quantitative estimate of drug-likeness (QED) is 0.720. The van der Waals surface area contributed by atoms with Gasteiger partial charge in [-0.05, 0) is 18.6 Å². The lowest BCUT2D eigenvalue weighted by atomic mass is 10.0. The van der Waals surface area contributed by atoms with Crippen molar-refractivity contribution in [2.75, 3.05) is 0 Å². The van der Waals surface area contributed by atoms with Crippen LogP contribution in [0.2, 0.25) is 0 Å². The lowest BCUT2D eigenvalue weighted by Crippen LogP contribution is -2.07. The van der Waals surface area contributed by atoms with Gasteiger partial charge in [-0.1, -0.05) is 6.07 Å². The SMILES string of the molecule is Cc1ccc(C#N)c(OC(F)F)c1C=O. The molecule has 0 saturated carbocycles. The standard InChI is InChI=1S/C10H7F2NO2/c1-6-2-3-7(4-13)9(8(6)5-14)15-10(11)12/h2-3,5,10H,1H3. The second-order valence-electron chi connectivity index (χ2n) is 2.78. The van der Waals surface area contributed by atoms with Crippen molar-refractivity contribution in [3.05, 3.63) is 28.8 Å². The average Bonchev–Trinajstić information content (AvgIpc) is 2.18. The van der Waals surface area contributed by atoms with Crippen LogP contribution in [0.5, 0.6) is 5.75 Å². The van der Waals surface area contributed by atoms with E-state index in [2.05, 4.69) is 4.74 Å². The summed E-state index contributed by atoms with van der Waals surface area (Å²) in [5, 5.41) is 8.65. The van der Waals surface area contributed by atoms with Gasteiger partial charge in [0.05, 0.1) is 11.1 Å². The van der Waals surface area contributed by atoms with Crippen molar-refractivity contribution >= 4 is 6.29 Å². The van der Waals surface area contributed by atoms with Crippen LogP contribution in [0.4, 0.5) is 8.78 Å². The summed E-state index contributed by atoms with van der Waals surface area (Å²) in [7, 11) is 0. The highest BCUT2D eigenvalue weighted by atomic mass is 19.3. The van der Waals surface area contributed by atoms with Crippen LogP contribution in [0.15, 0.2) is 12.1 Å². The molecule has 0 aromatic heterocycles. The molecule has 0 amide bonds. The molecular formula is C10H7F2NO2. The number of carbonyl (C=O) groups excluding carboxylic acids is 1. The molecule has 0 spiro atoms. The summed E-state index contributed by atoms with van der Waals surface area (Å²) in [5.74, 6) is -0.359. The van der Waals surface area contributed by atoms with Crippen LogP contribution in [0.1, 0.15) is 21.5 Å². The molecule has 0 heterocycles. The molecule has 15 heavy (non-hydrogen) atoms. The fraction of sp³-hybridized carbons (Fsp3) is 0.200. The van der Waals surface area contributed by atoms with Gasteiger partial charge in [-0.2, -0.15) is 14.0 Å². The molecule has 0 atom stereocenters. The monoisotopic (exact) mass is 211 g/mol. The highest BCUT2D eigenvalue weighted by molar-refractivity contribution is 5.83. The van der Waals surface area contributed by atoms with Crippen molar-refractivity contribution < 1.29 is 18.3 Å². The van der Waals surface area contributed by atoms with Crippen molar-refractivity contribution in [2.45, 2.75) is 13.5 Å². The molecular weight excluding hydrogens is 204 g/mol. The lowest BCUT2D eigenvalue weighted by Gasteiger charge is -2.10. The predicted octanol–water partition coefficient (Wildman–Crippen LogP) is 2.28. The second kappa shape index (κ2) is 4.51. The van der Waals surface area contributed by atoms with Gasteiger partial charge in [0.15, 0.2) is 12.0 Å². The Morgan fingerprint density at radius 2 is 2.20 bits per heavy atom. The minimum Gasteiger partial charge on any atom is -0.433 e. The second-order valence-corrected chi connectivity index (χ2v) is 2.78. The number of nitriles is 1. The molecule has 78 valence electrons. The van der Waals surface area contributed by atoms with Gasteiger partial charge in [0.2, 0.25) is 0 Å². The third kappa shape index (κ3) is 2.29. The number of carbonyl (C=O) groups is 1. The Morgan fingerprint density at radius 1 is 1.53 bits per heavy atom. The number of aldehydes is 1. The summed E-state index contributed by atoms with van der Waals surface area (Å²) < 4.78 is 28.2. The maximum absolute atomic E-state index is 12.0. The number of hydrogen-bond donors (Lipinski definition) is 0. The zero-order chi connectivity index (χ0) is 11.4. The third-order valence-electron chi connectivity index (χ3n) is 1.86.